The fraction of sp³-hybridized carbons (Fsp3) is 0.357. The Morgan fingerprint density at radius 1 is 1.38 bits per heavy atom. The predicted octanol–water partition coefficient (Wildman–Crippen LogP) is 0.594. The molecule has 0 spiro atoms. The fourth-order valence-electron chi connectivity index (χ4n) is 2.21. The van der Waals surface area contributed by atoms with Crippen LogP contribution in [-0.4, -0.2) is 34.7 Å². The first-order valence-corrected chi connectivity index (χ1v) is 6.36. The van der Waals surface area contributed by atoms with Gasteiger partial charge >= 0.3 is 0 Å². The minimum absolute atomic E-state index is 0.226. The average molecular weight is 293 g/mol. The molecule has 1 aromatic rings. The zero-order valence-electron chi connectivity index (χ0n) is 12.0. The number of benzene rings is 1. The molecular weight excluding hydrogens is 277 g/mol. The molecule has 2 rings (SSSR count). The summed E-state index contributed by atoms with van der Waals surface area (Å²) in [5.41, 5.74) is 4.60. The molecule has 1 aliphatic heterocycles. The summed E-state index contributed by atoms with van der Waals surface area (Å²) in [6.45, 7) is 4.15. The van der Waals surface area contributed by atoms with Gasteiger partial charge in [0.2, 0.25) is 5.91 Å². The number of nitrogen functional groups attached to an aromatic ring is 1. The Morgan fingerprint density at radius 3 is 2.62 bits per heavy atom. The van der Waals surface area contributed by atoms with Crippen molar-refractivity contribution in [1.29, 1.82) is 0 Å². The minimum Gasteiger partial charge on any atom is -0.399 e. The van der Waals surface area contributed by atoms with Gasteiger partial charge in [-0.05, 0) is 38.5 Å². The number of rotatable bonds is 1. The first-order valence-electron chi connectivity index (χ1n) is 6.36. The van der Waals surface area contributed by atoms with Gasteiger partial charge in [-0.3, -0.25) is 19.7 Å². The van der Waals surface area contributed by atoms with E-state index >= 15 is 0 Å². The van der Waals surface area contributed by atoms with E-state index in [4.69, 9.17) is 5.73 Å². The normalized spacial score (nSPS) is 17.6. The highest BCUT2D eigenvalue weighted by molar-refractivity contribution is 6.09. The van der Waals surface area contributed by atoms with Crippen molar-refractivity contribution in [2.45, 2.75) is 26.3 Å². The molecule has 0 radical (unpaired) electrons. The molecule has 1 aliphatic rings. The number of hydrogen-bond donors (Lipinski definition) is 2. The van der Waals surface area contributed by atoms with Crippen LogP contribution in [0.2, 0.25) is 0 Å². The molecule has 0 bridgehead atoms. The highest BCUT2D eigenvalue weighted by Crippen LogP contribution is 2.24. The third-order valence-corrected chi connectivity index (χ3v) is 3.54. The van der Waals surface area contributed by atoms with Crippen LogP contribution < -0.4 is 11.1 Å². The molecule has 1 heterocycles. The quantitative estimate of drug-likeness (QED) is 0.585. The Morgan fingerprint density at radius 2 is 2.00 bits per heavy atom. The summed E-state index contributed by atoms with van der Waals surface area (Å²) in [5, 5.41) is 2.15. The Bertz CT molecular complexity index is 655. The highest BCUT2D eigenvalue weighted by atomic mass is 19.1. The maximum Gasteiger partial charge on any atom is 0.258 e. The van der Waals surface area contributed by atoms with Gasteiger partial charge in [-0.1, -0.05) is 0 Å². The first-order chi connectivity index (χ1) is 9.64. The Balaban J connectivity index is 2.48. The van der Waals surface area contributed by atoms with Crippen LogP contribution in [0.4, 0.5) is 10.1 Å². The van der Waals surface area contributed by atoms with E-state index in [1.807, 2.05) is 0 Å². The second-order valence-corrected chi connectivity index (χ2v) is 5.53. The Hall–Kier alpha value is -2.44. The lowest BCUT2D eigenvalue weighted by atomic mass is 9.96. The third kappa shape index (κ3) is 2.46. The van der Waals surface area contributed by atoms with Crippen molar-refractivity contribution in [3.63, 3.8) is 0 Å². The lowest BCUT2D eigenvalue weighted by molar-refractivity contribution is -0.143. The maximum atomic E-state index is 14.1. The van der Waals surface area contributed by atoms with Gasteiger partial charge in [0.25, 0.3) is 11.8 Å². The second kappa shape index (κ2) is 4.83. The van der Waals surface area contributed by atoms with Crippen molar-refractivity contribution >= 4 is 23.4 Å². The van der Waals surface area contributed by atoms with Crippen LogP contribution in [-0.2, 0) is 9.59 Å². The number of nitrogens with one attached hydrogen (secondary N) is 1. The van der Waals surface area contributed by atoms with Gasteiger partial charge in [-0.25, -0.2) is 4.39 Å². The molecule has 1 aromatic carbocycles. The summed E-state index contributed by atoms with van der Waals surface area (Å²) in [5.74, 6) is -2.65. The van der Waals surface area contributed by atoms with E-state index < -0.39 is 29.1 Å². The number of anilines is 1. The molecule has 0 aliphatic carbocycles. The number of amides is 3. The van der Waals surface area contributed by atoms with E-state index in [9.17, 15) is 18.8 Å². The van der Waals surface area contributed by atoms with Crippen LogP contribution in [0.1, 0.15) is 29.8 Å². The highest BCUT2D eigenvalue weighted by Gasteiger charge is 2.44. The Kier molecular flexibility index (Phi) is 3.44. The van der Waals surface area contributed by atoms with Crippen molar-refractivity contribution in [3.05, 3.63) is 29.1 Å². The monoisotopic (exact) mass is 293 g/mol. The van der Waals surface area contributed by atoms with E-state index in [1.54, 1.807) is 0 Å². The van der Waals surface area contributed by atoms with E-state index in [-0.39, 0.29) is 23.4 Å². The van der Waals surface area contributed by atoms with Crippen LogP contribution in [0.5, 0.6) is 0 Å². The second-order valence-electron chi connectivity index (χ2n) is 5.53. The van der Waals surface area contributed by atoms with Gasteiger partial charge in [-0.2, -0.15) is 0 Å². The molecule has 0 atom stereocenters. The van der Waals surface area contributed by atoms with E-state index in [2.05, 4.69) is 5.32 Å². The minimum atomic E-state index is -1.25. The van der Waals surface area contributed by atoms with Crippen molar-refractivity contribution in [2.75, 3.05) is 12.3 Å². The van der Waals surface area contributed by atoms with E-state index in [0.29, 0.717) is 0 Å². The standard InChI is InChI=1S/C14H16FN3O3/c1-7-4-8(16)5-9(11(7)15)12(20)18-6-10(19)17-13(21)14(18,2)3/h4-5H,6,16H2,1-3H3,(H,17,19,21). The van der Waals surface area contributed by atoms with Crippen molar-refractivity contribution < 1.29 is 18.8 Å². The summed E-state index contributed by atoms with van der Waals surface area (Å²) in [6, 6.07) is 2.61. The van der Waals surface area contributed by atoms with Gasteiger partial charge < -0.3 is 10.6 Å². The largest absolute Gasteiger partial charge is 0.399 e. The van der Waals surface area contributed by atoms with Crippen molar-refractivity contribution in [2.24, 2.45) is 0 Å². The van der Waals surface area contributed by atoms with Crippen LogP contribution in [0, 0.1) is 12.7 Å². The number of carbonyl (C=O) groups is 3. The third-order valence-electron chi connectivity index (χ3n) is 3.54. The summed E-state index contributed by atoms with van der Waals surface area (Å²) >= 11 is 0. The zero-order chi connectivity index (χ0) is 15.9. The molecule has 0 aromatic heterocycles. The Labute approximate surface area is 121 Å². The number of piperazine rings is 1. The van der Waals surface area contributed by atoms with Crippen LogP contribution >= 0.6 is 0 Å². The summed E-state index contributed by atoms with van der Waals surface area (Å²) in [6.07, 6.45) is 0. The number of nitrogens with zero attached hydrogens (tertiary/aromatic N) is 1. The van der Waals surface area contributed by atoms with Gasteiger partial charge in [0.1, 0.15) is 17.9 Å². The molecule has 7 heteroatoms. The number of nitrogens with two attached hydrogens (primary N) is 1. The molecule has 0 unspecified atom stereocenters. The first kappa shape index (κ1) is 15.0. The number of aryl methyl sites for hydroxylation is 1. The van der Waals surface area contributed by atoms with Crippen LogP contribution in [0.3, 0.4) is 0 Å². The topological polar surface area (TPSA) is 92.5 Å². The molecular formula is C14H16FN3O3. The molecule has 0 saturated carbocycles. The van der Waals surface area contributed by atoms with E-state index in [1.165, 1.54) is 32.9 Å². The molecule has 3 N–H and O–H groups in total. The summed E-state index contributed by atoms with van der Waals surface area (Å²) in [4.78, 5) is 36.9. The number of carbonyl (C=O) groups excluding carboxylic acids is 3. The van der Waals surface area contributed by atoms with Crippen molar-refractivity contribution in [1.82, 2.24) is 10.2 Å². The zero-order valence-corrected chi connectivity index (χ0v) is 12.0. The van der Waals surface area contributed by atoms with Gasteiger partial charge in [0.15, 0.2) is 0 Å². The van der Waals surface area contributed by atoms with Crippen LogP contribution in [0.25, 0.3) is 0 Å². The predicted molar refractivity (Wildman–Crippen MR) is 73.8 cm³/mol. The molecule has 1 saturated heterocycles. The molecule has 21 heavy (non-hydrogen) atoms. The smallest absolute Gasteiger partial charge is 0.258 e. The summed E-state index contributed by atoms with van der Waals surface area (Å²) in [7, 11) is 0. The van der Waals surface area contributed by atoms with Crippen molar-refractivity contribution in [3.8, 4) is 0 Å². The fourth-order valence-corrected chi connectivity index (χ4v) is 2.21. The summed E-state index contributed by atoms with van der Waals surface area (Å²) < 4.78 is 14.1. The molecule has 112 valence electrons. The van der Waals surface area contributed by atoms with E-state index in [0.717, 1.165) is 4.90 Å². The van der Waals surface area contributed by atoms with Gasteiger partial charge in [-0.15, -0.1) is 0 Å². The van der Waals surface area contributed by atoms with Crippen LogP contribution in [0.15, 0.2) is 12.1 Å². The molecule has 6 nitrogen and oxygen atoms in total. The number of halogens is 1. The van der Waals surface area contributed by atoms with Gasteiger partial charge in [0, 0.05) is 5.69 Å². The SMILES string of the molecule is Cc1cc(N)cc(C(=O)N2CC(=O)NC(=O)C2(C)C)c1F. The lowest BCUT2D eigenvalue weighted by Gasteiger charge is -2.40. The molecule has 3 amide bonds. The molecule has 1 fully saturated rings. The maximum absolute atomic E-state index is 14.1. The van der Waals surface area contributed by atoms with Gasteiger partial charge in [0.05, 0.1) is 5.56 Å². The number of hydrogen-bond acceptors (Lipinski definition) is 4. The number of imide groups is 1. The lowest BCUT2D eigenvalue weighted by Crippen LogP contribution is -2.65. The average Bonchev–Trinajstić information content (AvgIpc) is 2.37.